The van der Waals surface area contributed by atoms with Crippen LogP contribution in [0.5, 0.6) is 0 Å². The number of carbonyl (C=O) groups is 1. The van der Waals surface area contributed by atoms with E-state index >= 15 is 0 Å². The van der Waals surface area contributed by atoms with Crippen LogP contribution in [-0.4, -0.2) is 30.6 Å². The van der Waals surface area contributed by atoms with Gasteiger partial charge in [-0.1, -0.05) is 35.0 Å². The molecule has 3 heterocycles. The molecule has 152 valence electrons. The first-order valence-electron chi connectivity index (χ1n) is 10.1. The normalized spacial score (nSPS) is 14.8. The molecule has 1 aromatic carbocycles. The predicted octanol–water partition coefficient (Wildman–Crippen LogP) is 3.76. The van der Waals surface area contributed by atoms with Crippen LogP contribution in [-0.2, 0) is 0 Å². The molecule has 0 spiro atoms. The van der Waals surface area contributed by atoms with Gasteiger partial charge in [-0.05, 0) is 45.2 Å². The van der Waals surface area contributed by atoms with E-state index in [4.69, 9.17) is 4.52 Å². The lowest BCUT2D eigenvalue weighted by atomic mass is 10.0. The number of amides is 1. The van der Waals surface area contributed by atoms with E-state index < -0.39 is 6.04 Å². The van der Waals surface area contributed by atoms with Crippen LogP contribution in [0.25, 0.3) is 16.8 Å². The molecule has 1 aliphatic rings. The molecule has 1 fully saturated rings. The molecular weight excluding hydrogens is 380 g/mol. The largest absolute Gasteiger partial charge is 0.340 e. The van der Waals surface area contributed by atoms with Gasteiger partial charge in [-0.15, -0.1) is 10.2 Å². The molecule has 0 bridgehead atoms. The Bertz CT molecular complexity index is 1240. The van der Waals surface area contributed by atoms with E-state index in [9.17, 15) is 4.79 Å². The van der Waals surface area contributed by atoms with Crippen molar-refractivity contribution in [1.29, 1.82) is 0 Å². The minimum absolute atomic E-state index is 0.218. The van der Waals surface area contributed by atoms with Gasteiger partial charge >= 0.3 is 0 Å². The molecule has 1 aliphatic carbocycles. The maximum Gasteiger partial charge on any atom is 0.253 e. The van der Waals surface area contributed by atoms with Crippen LogP contribution >= 0.6 is 0 Å². The minimum Gasteiger partial charge on any atom is -0.340 e. The zero-order valence-electron chi connectivity index (χ0n) is 17.1. The van der Waals surface area contributed by atoms with Crippen molar-refractivity contribution in [3.05, 3.63) is 65.2 Å². The zero-order chi connectivity index (χ0) is 20.8. The van der Waals surface area contributed by atoms with E-state index in [1.165, 1.54) is 5.56 Å². The summed E-state index contributed by atoms with van der Waals surface area (Å²) in [6.45, 7) is 5.61. The fourth-order valence-electron chi connectivity index (χ4n) is 3.53. The minimum atomic E-state index is -0.402. The highest BCUT2D eigenvalue weighted by Crippen LogP contribution is 2.40. The quantitative estimate of drug-likeness (QED) is 0.546. The van der Waals surface area contributed by atoms with E-state index in [1.807, 2.05) is 42.6 Å². The first-order valence-corrected chi connectivity index (χ1v) is 10.1. The van der Waals surface area contributed by atoms with E-state index in [0.29, 0.717) is 23.2 Å². The molecular formula is C22H22N6O2. The summed E-state index contributed by atoms with van der Waals surface area (Å²) in [6.07, 6.45) is 4.02. The number of rotatable bonds is 5. The zero-order valence-corrected chi connectivity index (χ0v) is 17.1. The third kappa shape index (κ3) is 3.34. The fourth-order valence-corrected chi connectivity index (χ4v) is 3.53. The van der Waals surface area contributed by atoms with Gasteiger partial charge in [0, 0.05) is 17.7 Å². The molecule has 8 heteroatoms. The second-order valence-corrected chi connectivity index (χ2v) is 7.91. The van der Waals surface area contributed by atoms with E-state index in [-0.39, 0.29) is 5.91 Å². The summed E-state index contributed by atoms with van der Waals surface area (Å²) < 4.78 is 7.14. The van der Waals surface area contributed by atoms with Gasteiger partial charge in [0.1, 0.15) is 11.9 Å². The Hall–Kier alpha value is -3.55. The van der Waals surface area contributed by atoms with Gasteiger partial charge in [-0.3, -0.25) is 9.20 Å². The van der Waals surface area contributed by atoms with Gasteiger partial charge in [-0.25, -0.2) is 0 Å². The molecule has 0 radical (unpaired) electrons. The van der Waals surface area contributed by atoms with Gasteiger partial charge in [0.25, 0.3) is 5.91 Å². The smallest absolute Gasteiger partial charge is 0.253 e. The number of aromatic nitrogens is 5. The maximum absolute atomic E-state index is 13.1. The lowest BCUT2D eigenvalue weighted by Gasteiger charge is -2.12. The van der Waals surface area contributed by atoms with Crippen molar-refractivity contribution in [3.63, 3.8) is 0 Å². The summed E-state index contributed by atoms with van der Waals surface area (Å²) in [5.74, 6) is 2.01. The van der Waals surface area contributed by atoms with Gasteiger partial charge in [-0.2, -0.15) is 4.98 Å². The highest BCUT2D eigenvalue weighted by Gasteiger charge is 2.30. The van der Waals surface area contributed by atoms with Crippen LogP contribution in [0.1, 0.15) is 65.2 Å². The van der Waals surface area contributed by atoms with Crippen molar-refractivity contribution >= 4 is 11.6 Å². The second kappa shape index (κ2) is 7.05. The molecule has 8 nitrogen and oxygen atoms in total. The molecule has 5 rings (SSSR count). The SMILES string of the molecule is Cc1ccc(-c2cc(C(=O)N[C@H](C)c3nc(C)no3)cn3c(C4CC4)nnc23)cc1. The average Bonchev–Trinajstić information content (AvgIpc) is 3.33. The molecule has 0 unspecified atom stereocenters. The summed E-state index contributed by atoms with van der Waals surface area (Å²) in [5.41, 5.74) is 4.34. The van der Waals surface area contributed by atoms with Gasteiger partial charge < -0.3 is 9.84 Å². The Morgan fingerprint density at radius 3 is 2.63 bits per heavy atom. The van der Waals surface area contributed by atoms with Crippen molar-refractivity contribution in [3.8, 4) is 11.1 Å². The summed E-state index contributed by atoms with van der Waals surface area (Å²) >= 11 is 0. The van der Waals surface area contributed by atoms with Crippen molar-refractivity contribution in [1.82, 2.24) is 30.1 Å². The number of carbonyl (C=O) groups excluding carboxylic acids is 1. The summed E-state index contributed by atoms with van der Waals surface area (Å²) in [4.78, 5) is 17.3. The molecule has 1 N–H and O–H groups in total. The van der Waals surface area contributed by atoms with Crippen molar-refractivity contribution in [2.75, 3.05) is 0 Å². The Morgan fingerprint density at radius 1 is 1.20 bits per heavy atom. The summed E-state index contributed by atoms with van der Waals surface area (Å²) in [7, 11) is 0. The highest BCUT2D eigenvalue weighted by molar-refractivity contribution is 5.96. The number of hydrogen-bond acceptors (Lipinski definition) is 6. The fraction of sp³-hybridized carbons (Fsp3) is 0.318. The first-order chi connectivity index (χ1) is 14.5. The Kier molecular flexibility index (Phi) is 4.34. The monoisotopic (exact) mass is 402 g/mol. The summed E-state index contributed by atoms with van der Waals surface area (Å²) in [5, 5.41) is 15.6. The molecule has 30 heavy (non-hydrogen) atoms. The number of fused-ring (bicyclic) bond motifs is 1. The molecule has 0 aliphatic heterocycles. The van der Waals surface area contributed by atoms with Gasteiger partial charge in [0.2, 0.25) is 5.89 Å². The third-order valence-corrected chi connectivity index (χ3v) is 5.36. The maximum atomic E-state index is 13.1. The lowest BCUT2D eigenvalue weighted by Crippen LogP contribution is -2.27. The Labute approximate surface area is 173 Å². The molecule has 1 saturated carbocycles. The van der Waals surface area contributed by atoms with Crippen LogP contribution in [0.4, 0.5) is 0 Å². The van der Waals surface area contributed by atoms with Gasteiger partial charge in [0.15, 0.2) is 11.5 Å². The topological polar surface area (TPSA) is 98.2 Å². The van der Waals surface area contributed by atoms with Crippen LogP contribution in [0.15, 0.2) is 41.1 Å². The van der Waals surface area contributed by atoms with Crippen molar-refractivity contribution in [2.24, 2.45) is 0 Å². The summed E-state index contributed by atoms with van der Waals surface area (Å²) in [6, 6.07) is 9.66. The van der Waals surface area contributed by atoms with Crippen LogP contribution in [0, 0.1) is 13.8 Å². The number of nitrogens with zero attached hydrogens (tertiary/aromatic N) is 5. The molecule has 1 amide bonds. The number of benzene rings is 1. The Balaban J connectivity index is 1.56. The molecule has 4 aromatic rings. The van der Waals surface area contributed by atoms with Crippen LogP contribution in [0.2, 0.25) is 0 Å². The average molecular weight is 402 g/mol. The number of aryl methyl sites for hydroxylation is 2. The number of nitrogens with one attached hydrogen (secondary N) is 1. The van der Waals surface area contributed by atoms with Crippen molar-refractivity contribution < 1.29 is 9.32 Å². The molecule has 0 saturated heterocycles. The Morgan fingerprint density at radius 2 is 1.97 bits per heavy atom. The number of hydrogen-bond donors (Lipinski definition) is 1. The van der Waals surface area contributed by atoms with E-state index in [2.05, 4.69) is 37.8 Å². The van der Waals surface area contributed by atoms with Crippen molar-refractivity contribution in [2.45, 2.75) is 45.6 Å². The standard InChI is InChI=1S/C22H22N6O2/c1-12-4-6-15(7-5-12)18-10-17(11-28-19(16-8-9-16)25-26-20(18)28)21(29)23-13(2)22-24-14(3)27-30-22/h4-7,10-11,13,16H,8-9H2,1-3H3,(H,23,29)/t13-/m1/s1. The van der Waals surface area contributed by atoms with E-state index in [1.54, 1.807) is 6.92 Å². The number of pyridine rings is 1. The molecule has 3 aromatic heterocycles. The molecule has 1 atom stereocenters. The second-order valence-electron chi connectivity index (χ2n) is 7.91. The van der Waals surface area contributed by atoms with Crippen LogP contribution < -0.4 is 5.32 Å². The third-order valence-electron chi connectivity index (χ3n) is 5.36. The predicted molar refractivity (Wildman–Crippen MR) is 110 cm³/mol. The van der Waals surface area contributed by atoms with Crippen LogP contribution in [0.3, 0.4) is 0 Å². The van der Waals surface area contributed by atoms with E-state index in [0.717, 1.165) is 35.4 Å². The highest BCUT2D eigenvalue weighted by atomic mass is 16.5. The lowest BCUT2D eigenvalue weighted by molar-refractivity contribution is 0.0932. The van der Waals surface area contributed by atoms with Gasteiger partial charge in [0.05, 0.1) is 5.56 Å². The first kappa shape index (κ1) is 18.5.